The van der Waals surface area contributed by atoms with Crippen molar-refractivity contribution in [1.29, 1.82) is 0 Å². The van der Waals surface area contributed by atoms with E-state index in [0.717, 1.165) is 16.7 Å². The summed E-state index contributed by atoms with van der Waals surface area (Å²) >= 11 is 0. The van der Waals surface area contributed by atoms with Gasteiger partial charge < -0.3 is 14.7 Å². The number of furan rings is 1. The number of rotatable bonds is 6. The summed E-state index contributed by atoms with van der Waals surface area (Å²) in [6.45, 7) is 4.80. The summed E-state index contributed by atoms with van der Waals surface area (Å²) in [6, 6.07) is 12.0. The Morgan fingerprint density at radius 1 is 1.24 bits per heavy atom. The molecule has 1 aromatic carbocycles. The quantitative estimate of drug-likeness (QED) is 0.715. The van der Waals surface area contributed by atoms with Crippen LogP contribution in [0, 0.1) is 0 Å². The third-order valence-electron chi connectivity index (χ3n) is 4.51. The average molecular weight is 339 g/mol. The third kappa shape index (κ3) is 3.77. The van der Waals surface area contributed by atoms with Crippen molar-refractivity contribution < 1.29 is 9.21 Å². The number of benzene rings is 1. The predicted molar refractivity (Wildman–Crippen MR) is 99.9 cm³/mol. The smallest absolute Gasteiger partial charge is 0.267 e. The van der Waals surface area contributed by atoms with Crippen LogP contribution >= 0.6 is 0 Å². The van der Waals surface area contributed by atoms with E-state index in [2.05, 4.69) is 42.3 Å². The lowest BCUT2D eigenvalue weighted by Crippen LogP contribution is -2.34. The summed E-state index contributed by atoms with van der Waals surface area (Å²) in [5, 5.41) is 4.04. The molecule has 0 fully saturated rings. The highest BCUT2D eigenvalue weighted by atomic mass is 16.3. The molecule has 0 bridgehead atoms. The lowest BCUT2D eigenvalue weighted by atomic mass is 10.0. The Balaban J connectivity index is 1.73. The molecule has 5 nitrogen and oxygen atoms in total. The molecule has 1 atom stereocenters. The molecular formula is C20H25N3O2. The van der Waals surface area contributed by atoms with Crippen molar-refractivity contribution in [2.24, 2.45) is 0 Å². The van der Waals surface area contributed by atoms with Crippen LogP contribution in [0.5, 0.6) is 0 Å². The molecule has 2 N–H and O–H groups in total. The van der Waals surface area contributed by atoms with Gasteiger partial charge in [0.15, 0.2) is 0 Å². The Morgan fingerprint density at radius 3 is 2.68 bits per heavy atom. The van der Waals surface area contributed by atoms with Crippen LogP contribution in [0.3, 0.4) is 0 Å². The van der Waals surface area contributed by atoms with E-state index >= 15 is 0 Å². The number of hydrogen-bond donors (Lipinski definition) is 2. The average Bonchev–Trinajstić information content (AvgIpc) is 3.23. The summed E-state index contributed by atoms with van der Waals surface area (Å²) in [5.74, 6) is 1.18. The van der Waals surface area contributed by atoms with Crippen LogP contribution in [0.1, 0.15) is 47.6 Å². The van der Waals surface area contributed by atoms with Crippen LogP contribution < -0.4 is 5.32 Å². The predicted octanol–water partition coefficient (Wildman–Crippen LogP) is 3.92. The van der Waals surface area contributed by atoms with Gasteiger partial charge in [-0.3, -0.25) is 9.69 Å². The van der Waals surface area contributed by atoms with Gasteiger partial charge in [0.2, 0.25) is 0 Å². The molecule has 3 rings (SSSR count). The third-order valence-corrected chi connectivity index (χ3v) is 4.51. The van der Waals surface area contributed by atoms with E-state index < -0.39 is 0 Å². The first-order valence-electron chi connectivity index (χ1n) is 8.56. The van der Waals surface area contributed by atoms with Crippen molar-refractivity contribution in [2.75, 3.05) is 20.6 Å². The van der Waals surface area contributed by atoms with Gasteiger partial charge in [0.05, 0.1) is 12.3 Å². The fraction of sp³-hybridized carbons (Fsp3) is 0.350. The molecule has 3 aromatic rings. The highest BCUT2D eigenvalue weighted by Gasteiger charge is 2.19. The molecule has 0 radical (unpaired) electrons. The van der Waals surface area contributed by atoms with Gasteiger partial charge in [-0.05, 0) is 49.8 Å². The Labute approximate surface area is 148 Å². The fourth-order valence-corrected chi connectivity index (χ4v) is 2.93. The molecule has 2 aromatic heterocycles. The second kappa shape index (κ2) is 7.15. The van der Waals surface area contributed by atoms with Gasteiger partial charge in [0.1, 0.15) is 11.5 Å². The molecule has 0 aliphatic rings. The number of nitrogens with zero attached hydrogens (tertiary/aromatic N) is 1. The van der Waals surface area contributed by atoms with Crippen molar-refractivity contribution in [2.45, 2.75) is 25.8 Å². The maximum Gasteiger partial charge on any atom is 0.267 e. The zero-order valence-corrected chi connectivity index (χ0v) is 15.2. The fourth-order valence-electron chi connectivity index (χ4n) is 2.93. The van der Waals surface area contributed by atoms with Gasteiger partial charge in [-0.25, -0.2) is 0 Å². The number of H-pyrrole nitrogens is 1. The molecule has 0 aliphatic carbocycles. The molecule has 0 aliphatic heterocycles. The SMILES string of the molecule is CC(C)c1ccc2cc(C(=O)NC[C@@H](c3ccco3)N(C)C)[nH]c2c1. The molecule has 0 spiro atoms. The highest BCUT2D eigenvalue weighted by molar-refractivity contribution is 5.98. The number of amides is 1. The van der Waals surface area contributed by atoms with E-state index in [1.807, 2.05) is 37.2 Å². The zero-order valence-electron chi connectivity index (χ0n) is 15.2. The van der Waals surface area contributed by atoms with Crippen LogP contribution in [-0.4, -0.2) is 36.4 Å². The van der Waals surface area contributed by atoms with Crippen LogP contribution in [-0.2, 0) is 0 Å². The molecule has 5 heteroatoms. The second-order valence-electron chi connectivity index (χ2n) is 6.89. The number of fused-ring (bicyclic) bond motifs is 1. The normalized spacial score (nSPS) is 12.9. The van der Waals surface area contributed by atoms with E-state index in [-0.39, 0.29) is 11.9 Å². The molecule has 0 unspecified atom stereocenters. The molecule has 0 saturated heterocycles. The van der Waals surface area contributed by atoms with E-state index in [4.69, 9.17) is 4.42 Å². The van der Waals surface area contributed by atoms with Crippen LogP contribution in [0.4, 0.5) is 0 Å². The van der Waals surface area contributed by atoms with E-state index in [9.17, 15) is 4.79 Å². The minimum Gasteiger partial charge on any atom is -0.468 e. The minimum absolute atomic E-state index is 0.00382. The number of carbonyl (C=O) groups excluding carboxylic acids is 1. The molecule has 132 valence electrons. The molecule has 2 heterocycles. The lowest BCUT2D eigenvalue weighted by molar-refractivity contribution is 0.0935. The Hall–Kier alpha value is -2.53. The van der Waals surface area contributed by atoms with Crippen molar-refractivity contribution in [3.05, 3.63) is 59.7 Å². The molecule has 25 heavy (non-hydrogen) atoms. The summed E-state index contributed by atoms with van der Waals surface area (Å²) in [5.41, 5.74) is 2.83. The van der Waals surface area contributed by atoms with Crippen LogP contribution in [0.15, 0.2) is 47.1 Å². The van der Waals surface area contributed by atoms with E-state index in [0.29, 0.717) is 18.2 Å². The Morgan fingerprint density at radius 2 is 2.04 bits per heavy atom. The first kappa shape index (κ1) is 17.3. The van der Waals surface area contributed by atoms with E-state index in [1.54, 1.807) is 6.26 Å². The monoisotopic (exact) mass is 339 g/mol. The standard InChI is InChI=1S/C20H25N3O2/c1-13(2)14-7-8-15-11-17(22-16(15)10-14)20(24)21-12-18(23(3)4)19-6-5-9-25-19/h5-11,13,18,22H,12H2,1-4H3,(H,21,24)/t18-/m0/s1. The van der Waals surface area contributed by atoms with Gasteiger partial charge >= 0.3 is 0 Å². The van der Waals surface area contributed by atoms with Crippen molar-refractivity contribution in [3.8, 4) is 0 Å². The van der Waals surface area contributed by atoms with Crippen molar-refractivity contribution in [1.82, 2.24) is 15.2 Å². The number of aromatic amines is 1. The van der Waals surface area contributed by atoms with E-state index in [1.165, 1.54) is 5.56 Å². The zero-order chi connectivity index (χ0) is 18.0. The van der Waals surface area contributed by atoms with Gasteiger partial charge in [0.25, 0.3) is 5.91 Å². The maximum atomic E-state index is 12.5. The minimum atomic E-state index is -0.110. The van der Waals surface area contributed by atoms with Gasteiger partial charge in [-0.15, -0.1) is 0 Å². The molecule has 0 saturated carbocycles. The summed E-state index contributed by atoms with van der Waals surface area (Å²) < 4.78 is 5.48. The summed E-state index contributed by atoms with van der Waals surface area (Å²) in [4.78, 5) is 17.8. The first-order valence-corrected chi connectivity index (χ1v) is 8.56. The van der Waals surface area contributed by atoms with Crippen molar-refractivity contribution in [3.63, 3.8) is 0 Å². The maximum absolute atomic E-state index is 12.5. The molecule has 1 amide bonds. The lowest BCUT2D eigenvalue weighted by Gasteiger charge is -2.22. The Bertz CT molecular complexity index is 847. The molecular weight excluding hydrogens is 314 g/mol. The number of hydrogen-bond acceptors (Lipinski definition) is 3. The Kier molecular flexibility index (Phi) is 4.95. The van der Waals surface area contributed by atoms with Gasteiger partial charge in [0, 0.05) is 17.4 Å². The van der Waals surface area contributed by atoms with Gasteiger partial charge in [-0.1, -0.05) is 26.0 Å². The summed E-state index contributed by atoms with van der Waals surface area (Å²) in [7, 11) is 3.94. The summed E-state index contributed by atoms with van der Waals surface area (Å²) in [6.07, 6.45) is 1.65. The highest BCUT2D eigenvalue weighted by Crippen LogP contribution is 2.22. The topological polar surface area (TPSA) is 61.3 Å². The number of nitrogens with one attached hydrogen (secondary N) is 2. The second-order valence-corrected chi connectivity index (χ2v) is 6.89. The largest absolute Gasteiger partial charge is 0.468 e. The number of carbonyl (C=O) groups is 1. The van der Waals surface area contributed by atoms with Crippen molar-refractivity contribution >= 4 is 16.8 Å². The number of aromatic nitrogens is 1. The first-order chi connectivity index (χ1) is 12.0. The van der Waals surface area contributed by atoms with Gasteiger partial charge in [-0.2, -0.15) is 0 Å². The van der Waals surface area contributed by atoms with Crippen LogP contribution in [0.25, 0.3) is 10.9 Å². The number of likely N-dealkylation sites (N-methyl/N-ethyl adjacent to an activating group) is 1. The van der Waals surface area contributed by atoms with Crippen LogP contribution in [0.2, 0.25) is 0 Å².